The summed E-state index contributed by atoms with van der Waals surface area (Å²) in [5.41, 5.74) is 5.85. The molecule has 0 spiro atoms. The number of carbonyl (C=O) groups excluding carboxylic acids is 1. The maximum Gasteiger partial charge on any atom is 0.310 e. The minimum atomic E-state index is -0.400. The Labute approximate surface area is 168 Å². The van der Waals surface area contributed by atoms with Crippen molar-refractivity contribution in [2.24, 2.45) is 0 Å². The maximum atomic E-state index is 11.8. The Morgan fingerprint density at radius 1 is 0.828 bits per heavy atom. The number of carbonyl (C=O) groups is 1. The number of nitrogens with zero attached hydrogens (tertiary/aromatic N) is 2. The molecule has 0 atom stereocenters. The van der Waals surface area contributed by atoms with E-state index in [1.807, 2.05) is 65.1 Å². The zero-order valence-corrected chi connectivity index (χ0v) is 15.9. The van der Waals surface area contributed by atoms with Crippen molar-refractivity contribution in [2.45, 2.75) is 6.92 Å². The van der Waals surface area contributed by atoms with Gasteiger partial charge in [0.2, 0.25) is 0 Å². The predicted molar refractivity (Wildman–Crippen MR) is 115 cm³/mol. The molecule has 0 saturated carbocycles. The average Bonchev–Trinajstić information content (AvgIpc) is 3.16. The fourth-order valence-electron chi connectivity index (χ4n) is 3.76. The first-order chi connectivity index (χ1) is 14.2. The van der Waals surface area contributed by atoms with Gasteiger partial charge in [0.15, 0.2) is 0 Å². The molecule has 0 bridgehead atoms. The quantitative estimate of drug-likeness (QED) is 0.376. The number of fused-ring (bicyclic) bond motifs is 3. The van der Waals surface area contributed by atoms with Crippen molar-refractivity contribution in [2.75, 3.05) is 0 Å². The van der Waals surface area contributed by atoms with Crippen LogP contribution in [0.2, 0.25) is 0 Å². The summed E-state index contributed by atoms with van der Waals surface area (Å²) in [6.07, 6.45) is 0. The van der Waals surface area contributed by atoms with E-state index in [0.29, 0.717) is 0 Å². The number of rotatable bonds is 3. The summed E-state index contributed by atoms with van der Waals surface area (Å²) < 4.78 is 7.51. The topological polar surface area (TPSA) is 43.6 Å². The number of ether oxygens (including phenoxy) is 1. The summed E-state index contributed by atoms with van der Waals surface area (Å²) in [6.45, 7) is 1.40. The van der Waals surface area contributed by atoms with Gasteiger partial charge in [-0.1, -0.05) is 78.9 Å². The van der Waals surface area contributed by atoms with Gasteiger partial charge in [0, 0.05) is 17.9 Å². The molecule has 29 heavy (non-hydrogen) atoms. The van der Waals surface area contributed by atoms with Gasteiger partial charge in [0.25, 0.3) is 0 Å². The lowest BCUT2D eigenvalue weighted by atomic mass is 10.0. The summed E-state index contributed by atoms with van der Waals surface area (Å²) in [5.74, 6) is -0.400. The summed E-state index contributed by atoms with van der Waals surface area (Å²) >= 11 is 0. The van der Waals surface area contributed by atoms with E-state index in [4.69, 9.17) is 4.74 Å². The Morgan fingerprint density at radius 2 is 1.45 bits per heavy atom. The van der Waals surface area contributed by atoms with E-state index in [0.717, 1.165) is 38.8 Å². The van der Waals surface area contributed by atoms with Crippen molar-refractivity contribution in [3.63, 3.8) is 0 Å². The number of hydrogen-bond acceptors (Lipinski definition) is 3. The van der Waals surface area contributed by atoms with Crippen LogP contribution < -0.4 is 4.74 Å². The number of para-hydroxylation sites is 1. The van der Waals surface area contributed by atoms with Crippen LogP contribution in [0.4, 0.5) is 0 Å². The molecule has 0 aliphatic rings. The molecule has 0 aliphatic carbocycles. The highest BCUT2D eigenvalue weighted by Crippen LogP contribution is 2.39. The lowest BCUT2D eigenvalue weighted by molar-refractivity contribution is -0.132. The molecule has 0 radical (unpaired) electrons. The van der Waals surface area contributed by atoms with Gasteiger partial charge in [-0.05, 0) is 23.3 Å². The highest BCUT2D eigenvalue weighted by Gasteiger charge is 2.20. The molecule has 140 valence electrons. The standard InChI is InChI=1S/C25H18N2O2/c1-17(28)29-25-26-22-15-9-8-14-20(22)23-16-21(18-10-4-2-5-11-18)24(27(23)25)19-12-6-3-7-13-19/h2-16H,1H3. The molecule has 3 aromatic carbocycles. The zero-order valence-electron chi connectivity index (χ0n) is 15.9. The number of aromatic nitrogens is 2. The molecule has 4 nitrogen and oxygen atoms in total. The minimum absolute atomic E-state index is 0.271. The van der Waals surface area contributed by atoms with E-state index >= 15 is 0 Å². The van der Waals surface area contributed by atoms with Gasteiger partial charge in [0.1, 0.15) is 0 Å². The monoisotopic (exact) mass is 378 g/mol. The fraction of sp³-hybridized carbons (Fsp3) is 0.0400. The molecular formula is C25H18N2O2. The summed E-state index contributed by atoms with van der Waals surface area (Å²) in [5, 5.41) is 1.00. The first kappa shape index (κ1) is 17.2. The Balaban J connectivity index is 1.97. The lowest BCUT2D eigenvalue weighted by Crippen LogP contribution is -2.08. The van der Waals surface area contributed by atoms with Crippen LogP contribution in [0.3, 0.4) is 0 Å². The van der Waals surface area contributed by atoms with E-state index in [2.05, 4.69) is 35.3 Å². The Kier molecular flexibility index (Phi) is 4.10. The lowest BCUT2D eigenvalue weighted by Gasteiger charge is -2.12. The number of benzene rings is 3. The fourth-order valence-corrected chi connectivity index (χ4v) is 3.76. The Bertz CT molecular complexity index is 1340. The summed E-state index contributed by atoms with van der Waals surface area (Å²) in [4.78, 5) is 16.5. The molecule has 4 heteroatoms. The highest BCUT2D eigenvalue weighted by atomic mass is 16.5. The van der Waals surface area contributed by atoms with Crippen LogP contribution in [0, 0.1) is 0 Å². The summed E-state index contributed by atoms with van der Waals surface area (Å²) in [7, 11) is 0. The third kappa shape index (κ3) is 2.95. The normalized spacial score (nSPS) is 11.1. The third-order valence-corrected chi connectivity index (χ3v) is 4.96. The number of hydrogen-bond donors (Lipinski definition) is 0. The van der Waals surface area contributed by atoms with Crippen molar-refractivity contribution >= 4 is 22.4 Å². The average molecular weight is 378 g/mol. The molecule has 0 amide bonds. The van der Waals surface area contributed by atoms with Crippen LogP contribution in [0.1, 0.15) is 6.92 Å². The Hall–Kier alpha value is -3.92. The molecule has 5 rings (SSSR count). The number of esters is 1. The van der Waals surface area contributed by atoms with E-state index in [1.54, 1.807) is 0 Å². The molecule has 5 aromatic rings. The largest absolute Gasteiger partial charge is 0.392 e. The molecule has 2 heterocycles. The molecule has 0 N–H and O–H groups in total. The van der Waals surface area contributed by atoms with Crippen LogP contribution in [-0.2, 0) is 4.79 Å². The second kappa shape index (κ2) is 6.91. The van der Waals surface area contributed by atoms with Crippen LogP contribution in [0.25, 0.3) is 38.8 Å². The molecule has 0 unspecified atom stereocenters. The van der Waals surface area contributed by atoms with Crippen molar-refractivity contribution < 1.29 is 9.53 Å². The van der Waals surface area contributed by atoms with Gasteiger partial charge >= 0.3 is 12.0 Å². The van der Waals surface area contributed by atoms with Crippen LogP contribution in [0.15, 0.2) is 91.0 Å². The van der Waals surface area contributed by atoms with Crippen LogP contribution in [0.5, 0.6) is 6.01 Å². The van der Waals surface area contributed by atoms with Gasteiger partial charge in [-0.2, -0.15) is 4.98 Å². The first-order valence-corrected chi connectivity index (χ1v) is 9.46. The second-order valence-electron chi connectivity index (χ2n) is 6.86. The molecule has 2 aromatic heterocycles. The molecule has 0 aliphatic heterocycles. The summed E-state index contributed by atoms with van der Waals surface area (Å²) in [6, 6.07) is 30.6. The van der Waals surface area contributed by atoms with Crippen molar-refractivity contribution in [3.05, 3.63) is 91.0 Å². The third-order valence-electron chi connectivity index (χ3n) is 4.96. The molecular weight excluding hydrogens is 360 g/mol. The van der Waals surface area contributed by atoms with Crippen LogP contribution >= 0.6 is 0 Å². The van der Waals surface area contributed by atoms with E-state index in [-0.39, 0.29) is 6.01 Å². The van der Waals surface area contributed by atoms with Gasteiger partial charge in [-0.15, -0.1) is 0 Å². The Morgan fingerprint density at radius 3 is 2.14 bits per heavy atom. The van der Waals surface area contributed by atoms with Gasteiger partial charge in [-0.3, -0.25) is 9.20 Å². The highest BCUT2D eigenvalue weighted by molar-refractivity contribution is 6.00. The molecule has 0 saturated heterocycles. The van der Waals surface area contributed by atoms with Crippen molar-refractivity contribution in [1.82, 2.24) is 9.38 Å². The van der Waals surface area contributed by atoms with Crippen LogP contribution in [-0.4, -0.2) is 15.4 Å². The van der Waals surface area contributed by atoms with E-state index < -0.39 is 5.97 Å². The van der Waals surface area contributed by atoms with E-state index in [1.165, 1.54) is 6.92 Å². The SMILES string of the molecule is CC(=O)Oc1nc2ccccc2c2cc(-c3ccccc3)c(-c3ccccc3)n12. The van der Waals surface area contributed by atoms with Gasteiger partial charge < -0.3 is 4.74 Å². The second-order valence-corrected chi connectivity index (χ2v) is 6.86. The van der Waals surface area contributed by atoms with Crippen molar-refractivity contribution in [1.29, 1.82) is 0 Å². The molecule has 0 fully saturated rings. The van der Waals surface area contributed by atoms with Gasteiger partial charge in [0.05, 0.1) is 16.7 Å². The smallest absolute Gasteiger partial charge is 0.310 e. The first-order valence-electron chi connectivity index (χ1n) is 9.46. The van der Waals surface area contributed by atoms with Gasteiger partial charge in [-0.25, -0.2) is 0 Å². The zero-order chi connectivity index (χ0) is 19.8. The maximum absolute atomic E-state index is 11.8. The van der Waals surface area contributed by atoms with Crippen molar-refractivity contribution in [3.8, 4) is 28.4 Å². The minimum Gasteiger partial charge on any atom is -0.392 e. The van der Waals surface area contributed by atoms with E-state index in [9.17, 15) is 4.79 Å². The predicted octanol–water partition coefficient (Wildman–Crippen LogP) is 5.75.